The summed E-state index contributed by atoms with van der Waals surface area (Å²) < 4.78 is 13.3. The smallest absolute Gasteiger partial charge is 0.205 e. The molecule has 0 amide bonds. The summed E-state index contributed by atoms with van der Waals surface area (Å²) >= 11 is 5.71. The first-order chi connectivity index (χ1) is 8.72. The largest absolute Gasteiger partial charge is 0.326 e. The normalized spacial score (nSPS) is 10.8. The summed E-state index contributed by atoms with van der Waals surface area (Å²) in [5, 5.41) is 3.17. The van der Waals surface area contributed by atoms with Gasteiger partial charge in [-0.3, -0.25) is 0 Å². The molecule has 90 valence electrons. The van der Waals surface area contributed by atoms with E-state index in [0.717, 1.165) is 5.69 Å². The molecule has 5 heteroatoms. The van der Waals surface area contributed by atoms with E-state index in [2.05, 4.69) is 15.3 Å². The highest BCUT2D eigenvalue weighted by Crippen LogP contribution is 2.23. The number of nitrogens with one attached hydrogen (secondary N) is 2. The highest BCUT2D eigenvalue weighted by Gasteiger charge is 2.07. The quantitative estimate of drug-likeness (QED) is 0.729. The van der Waals surface area contributed by atoms with Gasteiger partial charge in [0.25, 0.3) is 0 Å². The van der Waals surface area contributed by atoms with Gasteiger partial charge >= 0.3 is 0 Å². The van der Waals surface area contributed by atoms with E-state index in [4.69, 9.17) is 11.6 Å². The molecule has 0 radical (unpaired) electrons. The maximum Gasteiger partial charge on any atom is 0.205 e. The number of H-pyrrole nitrogens is 1. The molecule has 2 aromatic carbocycles. The molecule has 1 aromatic heterocycles. The van der Waals surface area contributed by atoms with Crippen LogP contribution in [-0.4, -0.2) is 9.97 Å². The summed E-state index contributed by atoms with van der Waals surface area (Å²) in [7, 11) is 0. The van der Waals surface area contributed by atoms with Gasteiger partial charge in [-0.05, 0) is 18.2 Å². The molecule has 0 saturated heterocycles. The fourth-order valence-electron chi connectivity index (χ4n) is 1.72. The Morgan fingerprint density at radius 3 is 2.72 bits per heavy atom. The predicted octanol–water partition coefficient (Wildman–Crippen LogP) is 4.10. The van der Waals surface area contributed by atoms with Crippen molar-refractivity contribution in [2.75, 3.05) is 5.32 Å². The van der Waals surface area contributed by atoms with Gasteiger partial charge in [0.05, 0.1) is 16.1 Å². The number of halogens is 2. The second-order valence-corrected chi connectivity index (χ2v) is 4.27. The Balaban J connectivity index is 1.99. The van der Waals surface area contributed by atoms with Gasteiger partial charge in [0.1, 0.15) is 5.82 Å². The Kier molecular flexibility index (Phi) is 2.64. The summed E-state index contributed by atoms with van der Waals surface area (Å²) in [4.78, 5) is 7.28. The molecule has 18 heavy (non-hydrogen) atoms. The summed E-state index contributed by atoms with van der Waals surface area (Å²) in [6.45, 7) is 0. The Bertz CT molecular complexity index is 655. The van der Waals surface area contributed by atoms with Crippen molar-refractivity contribution in [1.29, 1.82) is 0 Å². The van der Waals surface area contributed by atoms with Gasteiger partial charge in [-0.15, -0.1) is 0 Å². The van der Waals surface area contributed by atoms with Crippen molar-refractivity contribution in [2.24, 2.45) is 0 Å². The zero-order valence-electron chi connectivity index (χ0n) is 9.24. The number of hydrogen-bond acceptors (Lipinski definition) is 2. The number of anilines is 2. The van der Waals surface area contributed by atoms with Crippen LogP contribution in [0.4, 0.5) is 16.0 Å². The Hall–Kier alpha value is -2.07. The summed E-state index contributed by atoms with van der Waals surface area (Å²) in [6, 6.07) is 12.4. The molecule has 0 atom stereocenters. The van der Waals surface area contributed by atoms with E-state index in [0.29, 0.717) is 17.0 Å². The monoisotopic (exact) mass is 261 g/mol. The average molecular weight is 262 g/mol. The van der Waals surface area contributed by atoms with Crippen molar-refractivity contribution in [2.45, 2.75) is 0 Å². The predicted molar refractivity (Wildman–Crippen MR) is 70.8 cm³/mol. The summed E-state index contributed by atoms with van der Waals surface area (Å²) in [5.74, 6) is 0.0944. The van der Waals surface area contributed by atoms with Crippen LogP contribution in [0.1, 0.15) is 0 Å². The van der Waals surface area contributed by atoms with Crippen LogP contribution in [0, 0.1) is 5.82 Å². The molecule has 0 saturated carbocycles. The van der Waals surface area contributed by atoms with E-state index >= 15 is 0 Å². The summed E-state index contributed by atoms with van der Waals surface area (Å²) in [6.07, 6.45) is 0. The number of nitrogens with zero attached hydrogens (tertiary/aromatic N) is 1. The van der Waals surface area contributed by atoms with Gasteiger partial charge in [-0.2, -0.15) is 0 Å². The maximum atomic E-state index is 13.3. The zero-order chi connectivity index (χ0) is 12.5. The van der Waals surface area contributed by atoms with Gasteiger partial charge in [-0.25, -0.2) is 9.37 Å². The van der Waals surface area contributed by atoms with Crippen LogP contribution < -0.4 is 5.32 Å². The first-order valence-electron chi connectivity index (χ1n) is 5.39. The molecule has 0 aliphatic carbocycles. The highest BCUT2D eigenvalue weighted by atomic mass is 35.5. The Labute approximate surface area is 108 Å². The first kappa shape index (κ1) is 11.0. The lowest BCUT2D eigenvalue weighted by molar-refractivity contribution is 0.630. The highest BCUT2D eigenvalue weighted by molar-refractivity contribution is 6.31. The molecule has 0 bridgehead atoms. The molecule has 0 unspecified atom stereocenters. The van der Waals surface area contributed by atoms with Gasteiger partial charge < -0.3 is 10.3 Å². The lowest BCUT2D eigenvalue weighted by Gasteiger charge is -2.00. The number of aromatic nitrogens is 2. The van der Waals surface area contributed by atoms with Crippen molar-refractivity contribution in [1.82, 2.24) is 9.97 Å². The Morgan fingerprint density at radius 2 is 1.94 bits per heavy atom. The molecule has 0 spiro atoms. The van der Waals surface area contributed by atoms with Crippen LogP contribution in [0.5, 0.6) is 0 Å². The third-order valence-corrected chi connectivity index (χ3v) is 2.85. The van der Waals surface area contributed by atoms with E-state index in [-0.39, 0.29) is 5.02 Å². The third-order valence-electron chi connectivity index (χ3n) is 2.56. The second-order valence-electron chi connectivity index (χ2n) is 3.86. The van der Waals surface area contributed by atoms with E-state index in [1.54, 1.807) is 0 Å². The Morgan fingerprint density at radius 1 is 1.17 bits per heavy atom. The van der Waals surface area contributed by atoms with Crippen LogP contribution in [0.3, 0.4) is 0 Å². The molecular formula is C13H9ClFN3. The number of hydrogen-bond donors (Lipinski definition) is 2. The molecule has 0 fully saturated rings. The minimum absolute atomic E-state index is 0.0697. The van der Waals surface area contributed by atoms with Gasteiger partial charge in [-0.1, -0.05) is 29.8 Å². The van der Waals surface area contributed by atoms with E-state index in [1.807, 2.05) is 30.3 Å². The number of aromatic amines is 1. The zero-order valence-corrected chi connectivity index (χ0v) is 10.0. The molecule has 1 heterocycles. The lowest BCUT2D eigenvalue weighted by Crippen LogP contribution is -1.90. The molecule has 0 aliphatic rings. The van der Waals surface area contributed by atoms with Gasteiger partial charge in [0.2, 0.25) is 5.95 Å². The van der Waals surface area contributed by atoms with Crippen LogP contribution in [0.25, 0.3) is 11.0 Å². The van der Waals surface area contributed by atoms with Gasteiger partial charge in [0.15, 0.2) is 0 Å². The van der Waals surface area contributed by atoms with E-state index < -0.39 is 5.82 Å². The number of fused-ring (bicyclic) bond motifs is 1. The summed E-state index contributed by atoms with van der Waals surface area (Å²) in [5.41, 5.74) is 2.14. The molecule has 0 aliphatic heterocycles. The molecule has 3 aromatic rings. The SMILES string of the molecule is Fc1cc2[nH]c(Nc3ccccc3)nc2cc1Cl. The number of rotatable bonds is 2. The minimum atomic E-state index is -0.459. The molecule has 2 N–H and O–H groups in total. The van der Waals surface area contributed by atoms with Crippen molar-refractivity contribution >= 4 is 34.3 Å². The average Bonchev–Trinajstić information content (AvgIpc) is 2.72. The molecule has 3 rings (SSSR count). The minimum Gasteiger partial charge on any atom is -0.326 e. The van der Waals surface area contributed by atoms with Crippen LogP contribution in [0.2, 0.25) is 5.02 Å². The number of imidazole rings is 1. The fourth-order valence-corrected chi connectivity index (χ4v) is 1.88. The number of para-hydroxylation sites is 1. The lowest BCUT2D eigenvalue weighted by atomic mass is 10.3. The van der Waals surface area contributed by atoms with Crippen molar-refractivity contribution in [3.05, 3.63) is 53.3 Å². The second kappa shape index (κ2) is 4.31. The van der Waals surface area contributed by atoms with Crippen LogP contribution >= 0.6 is 11.6 Å². The topological polar surface area (TPSA) is 40.7 Å². The van der Waals surface area contributed by atoms with E-state index in [1.165, 1.54) is 12.1 Å². The standard InChI is InChI=1S/C13H9ClFN3/c14-9-6-11-12(7-10(9)15)18-13(17-11)16-8-4-2-1-3-5-8/h1-7H,(H2,16,17,18). The third kappa shape index (κ3) is 2.02. The fraction of sp³-hybridized carbons (Fsp3) is 0. The van der Waals surface area contributed by atoms with E-state index in [9.17, 15) is 4.39 Å². The van der Waals surface area contributed by atoms with Crippen molar-refractivity contribution in [3.63, 3.8) is 0 Å². The van der Waals surface area contributed by atoms with Crippen LogP contribution in [-0.2, 0) is 0 Å². The first-order valence-corrected chi connectivity index (χ1v) is 5.77. The van der Waals surface area contributed by atoms with Crippen LogP contribution in [0.15, 0.2) is 42.5 Å². The maximum absolute atomic E-state index is 13.3. The molecule has 3 nitrogen and oxygen atoms in total. The van der Waals surface area contributed by atoms with Crippen molar-refractivity contribution in [3.8, 4) is 0 Å². The van der Waals surface area contributed by atoms with Crippen molar-refractivity contribution < 1.29 is 4.39 Å². The molecular weight excluding hydrogens is 253 g/mol. The van der Waals surface area contributed by atoms with Gasteiger partial charge in [0, 0.05) is 11.8 Å². The number of benzene rings is 2.